The highest BCUT2D eigenvalue weighted by molar-refractivity contribution is 5.48. The summed E-state index contributed by atoms with van der Waals surface area (Å²) in [6.07, 6.45) is 3.37. The molecule has 1 fully saturated rings. The molecule has 17 heavy (non-hydrogen) atoms. The van der Waals surface area contributed by atoms with Gasteiger partial charge >= 0.3 is 0 Å². The van der Waals surface area contributed by atoms with Gasteiger partial charge < -0.3 is 14.8 Å². The normalized spacial score (nSPS) is 22.3. The van der Waals surface area contributed by atoms with E-state index in [1.807, 2.05) is 0 Å². The van der Waals surface area contributed by atoms with Crippen molar-refractivity contribution < 1.29 is 9.47 Å². The van der Waals surface area contributed by atoms with Crippen molar-refractivity contribution >= 4 is 0 Å². The van der Waals surface area contributed by atoms with Crippen LogP contribution in [0, 0.1) is 5.92 Å². The van der Waals surface area contributed by atoms with Crippen LogP contribution < -0.4 is 14.8 Å². The Morgan fingerprint density at radius 1 is 1.47 bits per heavy atom. The number of nitrogens with one attached hydrogen (secondary N) is 1. The molecule has 1 N–H and O–H groups in total. The van der Waals surface area contributed by atoms with Gasteiger partial charge in [-0.1, -0.05) is 0 Å². The molecule has 0 aromatic heterocycles. The molecule has 0 radical (unpaired) electrons. The van der Waals surface area contributed by atoms with Gasteiger partial charge in [0.15, 0.2) is 0 Å². The van der Waals surface area contributed by atoms with Crippen LogP contribution in [0.5, 0.6) is 11.5 Å². The predicted molar refractivity (Wildman–Crippen MR) is 66.9 cm³/mol. The number of benzene rings is 1. The molecular formula is C14H19NO2. The Kier molecular flexibility index (Phi) is 2.93. The van der Waals surface area contributed by atoms with Crippen molar-refractivity contribution in [3.63, 3.8) is 0 Å². The molecule has 3 rings (SSSR count). The minimum atomic E-state index is 0.739. The van der Waals surface area contributed by atoms with E-state index in [1.54, 1.807) is 7.11 Å². The van der Waals surface area contributed by atoms with Gasteiger partial charge in [0.1, 0.15) is 11.5 Å². The Bertz CT molecular complexity index is 411. The summed E-state index contributed by atoms with van der Waals surface area (Å²) >= 11 is 0. The van der Waals surface area contributed by atoms with Crippen molar-refractivity contribution in [3.8, 4) is 11.5 Å². The lowest BCUT2D eigenvalue weighted by atomic mass is 9.96. The third-order valence-electron chi connectivity index (χ3n) is 3.76. The zero-order valence-corrected chi connectivity index (χ0v) is 10.3. The summed E-state index contributed by atoms with van der Waals surface area (Å²) < 4.78 is 11.1. The van der Waals surface area contributed by atoms with Gasteiger partial charge in [-0.15, -0.1) is 0 Å². The number of methoxy groups -OCH3 is 1. The summed E-state index contributed by atoms with van der Waals surface area (Å²) in [5.41, 5.74) is 2.58. The summed E-state index contributed by atoms with van der Waals surface area (Å²) in [5.74, 6) is 2.83. The second-order valence-corrected chi connectivity index (χ2v) is 4.93. The lowest BCUT2D eigenvalue weighted by Crippen LogP contribution is -2.11. The Morgan fingerprint density at radius 3 is 3.18 bits per heavy atom. The van der Waals surface area contributed by atoms with Gasteiger partial charge in [0, 0.05) is 12.0 Å². The number of hydrogen-bond donors (Lipinski definition) is 1. The average Bonchev–Trinajstić information content (AvgIpc) is 2.98. The molecular weight excluding hydrogens is 214 g/mol. The van der Waals surface area contributed by atoms with Crippen LogP contribution >= 0.6 is 0 Å². The predicted octanol–water partition coefficient (Wildman–Crippen LogP) is 1.78. The minimum absolute atomic E-state index is 0.739. The molecule has 3 nitrogen and oxygen atoms in total. The summed E-state index contributed by atoms with van der Waals surface area (Å²) in [5, 5.41) is 3.41. The van der Waals surface area contributed by atoms with Gasteiger partial charge in [-0.2, -0.15) is 0 Å². The van der Waals surface area contributed by atoms with Gasteiger partial charge in [-0.3, -0.25) is 0 Å². The van der Waals surface area contributed by atoms with E-state index in [0.29, 0.717) is 0 Å². The van der Waals surface area contributed by atoms with Crippen LogP contribution in [0.3, 0.4) is 0 Å². The first-order valence-corrected chi connectivity index (χ1v) is 6.40. The van der Waals surface area contributed by atoms with Gasteiger partial charge in [0.05, 0.1) is 13.7 Å². The molecule has 0 bridgehead atoms. The monoisotopic (exact) mass is 233 g/mol. The fourth-order valence-electron chi connectivity index (χ4n) is 2.79. The third kappa shape index (κ3) is 2.12. The van der Waals surface area contributed by atoms with Gasteiger partial charge in [-0.05, 0) is 49.5 Å². The van der Waals surface area contributed by atoms with Crippen LogP contribution in [0.15, 0.2) is 12.1 Å². The highest BCUT2D eigenvalue weighted by Gasteiger charge is 2.20. The summed E-state index contributed by atoms with van der Waals surface area (Å²) in [6.45, 7) is 3.09. The van der Waals surface area contributed by atoms with Crippen LogP contribution in [-0.4, -0.2) is 26.8 Å². The minimum Gasteiger partial charge on any atom is -0.496 e. The number of hydrogen-bond acceptors (Lipinski definition) is 3. The fourth-order valence-corrected chi connectivity index (χ4v) is 2.79. The Hall–Kier alpha value is -1.22. The van der Waals surface area contributed by atoms with Crippen LogP contribution in [0.2, 0.25) is 0 Å². The third-order valence-corrected chi connectivity index (χ3v) is 3.76. The van der Waals surface area contributed by atoms with E-state index < -0.39 is 0 Å². The number of fused-ring (bicyclic) bond motifs is 1. The van der Waals surface area contributed by atoms with E-state index in [1.165, 1.54) is 17.5 Å². The average molecular weight is 233 g/mol. The maximum absolute atomic E-state index is 5.63. The van der Waals surface area contributed by atoms with Gasteiger partial charge in [-0.25, -0.2) is 0 Å². The highest BCUT2D eigenvalue weighted by atomic mass is 16.5. The first kappa shape index (κ1) is 10.9. The van der Waals surface area contributed by atoms with Crippen molar-refractivity contribution in [2.45, 2.75) is 19.3 Å². The fraction of sp³-hybridized carbons (Fsp3) is 0.571. The zero-order chi connectivity index (χ0) is 11.7. The van der Waals surface area contributed by atoms with Crippen molar-refractivity contribution in [1.82, 2.24) is 5.32 Å². The Labute approximate surface area is 102 Å². The van der Waals surface area contributed by atoms with Crippen LogP contribution in [-0.2, 0) is 12.8 Å². The summed E-state index contributed by atoms with van der Waals surface area (Å²) in [6, 6.07) is 4.33. The molecule has 0 spiro atoms. The molecule has 1 unspecified atom stereocenters. The zero-order valence-electron chi connectivity index (χ0n) is 10.3. The molecule has 2 aliphatic heterocycles. The molecule has 0 saturated carbocycles. The van der Waals surface area contributed by atoms with E-state index in [0.717, 1.165) is 50.0 Å². The topological polar surface area (TPSA) is 30.5 Å². The molecule has 3 heteroatoms. The van der Waals surface area contributed by atoms with E-state index in [-0.39, 0.29) is 0 Å². The van der Waals surface area contributed by atoms with Crippen LogP contribution in [0.25, 0.3) is 0 Å². The SMILES string of the molecule is COc1cc2c(cc1CC1CCNC1)OCC2. The lowest BCUT2D eigenvalue weighted by molar-refractivity contribution is 0.355. The smallest absolute Gasteiger partial charge is 0.123 e. The molecule has 2 heterocycles. The molecule has 92 valence electrons. The maximum Gasteiger partial charge on any atom is 0.123 e. The standard InChI is InChI=1S/C14H19NO2/c1-16-13-7-11-3-5-17-14(11)8-12(13)6-10-2-4-15-9-10/h7-8,10,15H,2-6,9H2,1H3. The van der Waals surface area contributed by atoms with E-state index in [4.69, 9.17) is 9.47 Å². The van der Waals surface area contributed by atoms with Crippen molar-refractivity contribution in [2.24, 2.45) is 5.92 Å². The molecule has 2 aliphatic rings. The van der Waals surface area contributed by atoms with Crippen molar-refractivity contribution in [3.05, 3.63) is 23.3 Å². The van der Waals surface area contributed by atoms with E-state index in [9.17, 15) is 0 Å². The van der Waals surface area contributed by atoms with Crippen molar-refractivity contribution in [1.29, 1.82) is 0 Å². The Balaban J connectivity index is 1.86. The molecule has 0 aliphatic carbocycles. The molecule has 1 saturated heterocycles. The first-order chi connectivity index (χ1) is 8.36. The van der Waals surface area contributed by atoms with Crippen molar-refractivity contribution in [2.75, 3.05) is 26.8 Å². The summed E-state index contributed by atoms with van der Waals surface area (Å²) in [4.78, 5) is 0. The molecule has 0 amide bonds. The second-order valence-electron chi connectivity index (χ2n) is 4.93. The first-order valence-electron chi connectivity index (χ1n) is 6.40. The Morgan fingerprint density at radius 2 is 2.41 bits per heavy atom. The molecule has 1 aromatic carbocycles. The largest absolute Gasteiger partial charge is 0.496 e. The highest BCUT2D eigenvalue weighted by Crippen LogP contribution is 2.34. The van der Waals surface area contributed by atoms with Gasteiger partial charge in [0.2, 0.25) is 0 Å². The van der Waals surface area contributed by atoms with Gasteiger partial charge in [0.25, 0.3) is 0 Å². The number of rotatable bonds is 3. The maximum atomic E-state index is 5.63. The van der Waals surface area contributed by atoms with Crippen LogP contribution in [0.1, 0.15) is 17.5 Å². The second kappa shape index (κ2) is 4.57. The number of ether oxygens (including phenoxy) is 2. The molecule has 1 aromatic rings. The lowest BCUT2D eigenvalue weighted by Gasteiger charge is -2.14. The van der Waals surface area contributed by atoms with E-state index >= 15 is 0 Å². The molecule has 1 atom stereocenters. The van der Waals surface area contributed by atoms with Crippen LogP contribution in [0.4, 0.5) is 0 Å². The van der Waals surface area contributed by atoms with E-state index in [2.05, 4.69) is 17.4 Å². The summed E-state index contributed by atoms with van der Waals surface area (Å²) in [7, 11) is 1.76. The quantitative estimate of drug-likeness (QED) is 0.863.